The number of hydrogen-bond donors (Lipinski definition) is 0. The zero-order chi connectivity index (χ0) is 22.0. The summed E-state index contributed by atoms with van der Waals surface area (Å²) in [6.45, 7) is 5.28. The van der Waals surface area contributed by atoms with Gasteiger partial charge in [0.1, 0.15) is 18.2 Å². The summed E-state index contributed by atoms with van der Waals surface area (Å²) >= 11 is 0. The number of carbonyl (C=O) groups is 2. The third-order valence-corrected chi connectivity index (χ3v) is 6.56. The lowest BCUT2D eigenvalue weighted by atomic mass is 9.96. The summed E-state index contributed by atoms with van der Waals surface area (Å²) in [6, 6.07) is 6.54. The number of fused-ring (bicyclic) bond motifs is 1. The maximum Gasteiger partial charge on any atom is 0.242 e. The fourth-order valence-electron chi connectivity index (χ4n) is 5.02. The molecule has 3 heterocycles. The lowest BCUT2D eigenvalue weighted by Crippen LogP contribution is -2.50. The zero-order valence-electron chi connectivity index (χ0n) is 18.3. The Labute approximate surface area is 183 Å². The molecule has 0 aliphatic carbocycles. The number of likely N-dealkylation sites (tertiary alicyclic amines) is 2. The van der Waals surface area contributed by atoms with Gasteiger partial charge in [0.15, 0.2) is 0 Å². The van der Waals surface area contributed by atoms with Gasteiger partial charge in [-0.25, -0.2) is 9.37 Å². The summed E-state index contributed by atoms with van der Waals surface area (Å²) in [6.07, 6.45) is 7.41. The molecule has 2 aliphatic rings. The topological polar surface area (TPSA) is 58.4 Å². The summed E-state index contributed by atoms with van der Waals surface area (Å²) in [4.78, 5) is 34.4. The van der Waals surface area contributed by atoms with E-state index in [1.165, 1.54) is 6.07 Å². The molecule has 166 valence electrons. The molecule has 0 unspecified atom stereocenters. The van der Waals surface area contributed by atoms with Gasteiger partial charge in [-0.05, 0) is 25.3 Å². The van der Waals surface area contributed by atoms with E-state index in [0.29, 0.717) is 18.5 Å². The van der Waals surface area contributed by atoms with Crippen LogP contribution >= 0.6 is 0 Å². The molecule has 0 spiro atoms. The van der Waals surface area contributed by atoms with Crippen molar-refractivity contribution in [3.05, 3.63) is 53.9 Å². The van der Waals surface area contributed by atoms with Gasteiger partial charge in [0.25, 0.3) is 0 Å². The van der Waals surface area contributed by atoms with Gasteiger partial charge in [-0.3, -0.25) is 9.59 Å². The number of nitrogens with zero attached hydrogens (tertiary/aromatic N) is 4. The number of amides is 2. The minimum absolute atomic E-state index is 0.0189. The molecule has 1 aromatic heterocycles. The van der Waals surface area contributed by atoms with Gasteiger partial charge in [-0.1, -0.05) is 38.5 Å². The van der Waals surface area contributed by atoms with Crippen molar-refractivity contribution in [2.24, 2.45) is 0 Å². The van der Waals surface area contributed by atoms with Crippen LogP contribution in [0.5, 0.6) is 0 Å². The molecule has 2 aliphatic heterocycles. The summed E-state index contributed by atoms with van der Waals surface area (Å²) in [5.74, 6) is 0.971. The average molecular weight is 427 g/mol. The van der Waals surface area contributed by atoms with Gasteiger partial charge in [-0.2, -0.15) is 0 Å². The summed E-state index contributed by atoms with van der Waals surface area (Å²) in [5, 5.41) is 0. The van der Waals surface area contributed by atoms with Crippen LogP contribution in [0.25, 0.3) is 0 Å². The predicted molar refractivity (Wildman–Crippen MR) is 116 cm³/mol. The molecule has 6 nitrogen and oxygen atoms in total. The monoisotopic (exact) mass is 426 g/mol. The van der Waals surface area contributed by atoms with Gasteiger partial charge in [0.2, 0.25) is 11.8 Å². The third-order valence-electron chi connectivity index (χ3n) is 6.56. The second-order valence-corrected chi connectivity index (χ2v) is 8.94. The number of halogens is 1. The average Bonchev–Trinajstić information content (AvgIpc) is 3.36. The highest BCUT2D eigenvalue weighted by molar-refractivity contribution is 5.79. The molecule has 2 aromatic rings. The highest BCUT2D eigenvalue weighted by atomic mass is 19.1. The van der Waals surface area contributed by atoms with Crippen LogP contribution in [0.4, 0.5) is 4.39 Å². The standard InChI is InChI=1S/C24H31FN4O2/c1-17(2)24-26-12-14-27(24)16-23(31)28-13-11-21-20(28)9-5-6-10-22(30)29(21)15-18-7-3-4-8-19(18)25/h3-4,7-8,12,14,17,20-21H,5-6,9-11,13,15-16H2,1-2H3/t20-,21+/m1/s1. The molecule has 2 atom stereocenters. The molecule has 2 saturated heterocycles. The largest absolute Gasteiger partial charge is 0.336 e. The molecule has 2 amide bonds. The third kappa shape index (κ3) is 4.50. The molecule has 7 heteroatoms. The van der Waals surface area contributed by atoms with E-state index in [1.807, 2.05) is 20.6 Å². The summed E-state index contributed by atoms with van der Waals surface area (Å²) < 4.78 is 16.2. The Kier molecular flexibility index (Phi) is 6.39. The van der Waals surface area contributed by atoms with E-state index in [-0.39, 0.29) is 48.7 Å². The van der Waals surface area contributed by atoms with Crippen LogP contribution < -0.4 is 0 Å². The minimum atomic E-state index is -0.291. The first-order chi connectivity index (χ1) is 15.0. The van der Waals surface area contributed by atoms with Crippen molar-refractivity contribution >= 4 is 11.8 Å². The lowest BCUT2D eigenvalue weighted by molar-refractivity contribution is -0.139. The molecule has 4 rings (SSSR count). The van der Waals surface area contributed by atoms with Crippen molar-refractivity contribution in [1.29, 1.82) is 0 Å². The molecular formula is C24H31FN4O2. The number of rotatable bonds is 5. The van der Waals surface area contributed by atoms with Crippen LogP contribution in [0, 0.1) is 5.82 Å². The second kappa shape index (κ2) is 9.20. The van der Waals surface area contributed by atoms with Crippen LogP contribution in [0.15, 0.2) is 36.7 Å². The smallest absolute Gasteiger partial charge is 0.242 e. The Morgan fingerprint density at radius 3 is 2.77 bits per heavy atom. The van der Waals surface area contributed by atoms with Gasteiger partial charge < -0.3 is 14.4 Å². The Balaban J connectivity index is 1.54. The van der Waals surface area contributed by atoms with Gasteiger partial charge in [0, 0.05) is 43.4 Å². The van der Waals surface area contributed by atoms with Crippen molar-refractivity contribution in [2.75, 3.05) is 6.54 Å². The maximum atomic E-state index is 14.3. The fourth-order valence-corrected chi connectivity index (χ4v) is 5.02. The first kappa shape index (κ1) is 21.5. The normalized spacial score (nSPS) is 21.9. The van der Waals surface area contributed by atoms with E-state index in [0.717, 1.165) is 31.5 Å². The molecular weight excluding hydrogens is 395 g/mol. The van der Waals surface area contributed by atoms with Crippen LogP contribution in [-0.2, 0) is 22.7 Å². The Hall–Kier alpha value is -2.70. The van der Waals surface area contributed by atoms with Crippen LogP contribution in [0.1, 0.15) is 63.3 Å². The van der Waals surface area contributed by atoms with Crippen molar-refractivity contribution in [2.45, 2.75) is 77.0 Å². The Bertz CT molecular complexity index is 941. The van der Waals surface area contributed by atoms with Crippen LogP contribution in [0.2, 0.25) is 0 Å². The summed E-state index contributed by atoms with van der Waals surface area (Å²) in [7, 11) is 0. The molecule has 31 heavy (non-hydrogen) atoms. The van der Waals surface area contributed by atoms with Gasteiger partial charge >= 0.3 is 0 Å². The van der Waals surface area contributed by atoms with E-state index in [9.17, 15) is 14.0 Å². The Morgan fingerprint density at radius 1 is 1.19 bits per heavy atom. The highest BCUT2D eigenvalue weighted by Crippen LogP contribution is 2.32. The lowest BCUT2D eigenvalue weighted by Gasteiger charge is -2.37. The predicted octanol–water partition coefficient (Wildman–Crippen LogP) is 3.72. The molecule has 0 radical (unpaired) electrons. The minimum Gasteiger partial charge on any atom is -0.336 e. The maximum absolute atomic E-state index is 14.3. The van der Waals surface area contributed by atoms with E-state index in [2.05, 4.69) is 18.8 Å². The van der Waals surface area contributed by atoms with E-state index in [1.54, 1.807) is 24.4 Å². The zero-order valence-corrected chi connectivity index (χ0v) is 18.3. The number of hydrogen-bond acceptors (Lipinski definition) is 3. The number of benzene rings is 1. The van der Waals surface area contributed by atoms with E-state index in [4.69, 9.17) is 0 Å². The van der Waals surface area contributed by atoms with Gasteiger partial charge in [0.05, 0.1) is 12.1 Å². The SMILES string of the molecule is CC(C)c1nccn1CC(=O)N1CC[C@H]2[C@H]1CCCCC(=O)N2Cc1ccccc1F. The van der Waals surface area contributed by atoms with E-state index >= 15 is 0 Å². The Morgan fingerprint density at radius 2 is 2.00 bits per heavy atom. The number of imidazole rings is 1. The number of carbonyl (C=O) groups excluding carboxylic acids is 2. The van der Waals surface area contributed by atoms with Crippen molar-refractivity contribution < 1.29 is 14.0 Å². The highest BCUT2D eigenvalue weighted by Gasteiger charge is 2.42. The molecule has 0 N–H and O–H groups in total. The van der Waals surface area contributed by atoms with Crippen molar-refractivity contribution in [1.82, 2.24) is 19.4 Å². The van der Waals surface area contributed by atoms with Crippen molar-refractivity contribution in [3.63, 3.8) is 0 Å². The molecule has 0 saturated carbocycles. The number of aromatic nitrogens is 2. The molecule has 0 bridgehead atoms. The summed E-state index contributed by atoms with van der Waals surface area (Å²) in [5.41, 5.74) is 0.528. The first-order valence-electron chi connectivity index (χ1n) is 11.3. The molecule has 1 aromatic carbocycles. The second-order valence-electron chi connectivity index (χ2n) is 8.94. The molecule has 2 fully saturated rings. The van der Waals surface area contributed by atoms with Crippen LogP contribution in [-0.4, -0.2) is 49.8 Å². The van der Waals surface area contributed by atoms with Gasteiger partial charge in [-0.15, -0.1) is 0 Å². The van der Waals surface area contributed by atoms with E-state index < -0.39 is 0 Å². The quantitative estimate of drug-likeness (QED) is 0.732. The van der Waals surface area contributed by atoms with Crippen LogP contribution in [0.3, 0.4) is 0 Å². The fraction of sp³-hybridized carbons (Fsp3) is 0.542. The first-order valence-corrected chi connectivity index (χ1v) is 11.3. The van der Waals surface area contributed by atoms with Crippen molar-refractivity contribution in [3.8, 4) is 0 Å².